The Balaban J connectivity index is 0.000000169. The van der Waals surface area contributed by atoms with Crippen LogP contribution in [0.15, 0.2) is 228 Å². The van der Waals surface area contributed by atoms with E-state index in [4.69, 9.17) is 33.2 Å². The van der Waals surface area contributed by atoms with Crippen LogP contribution < -0.4 is 7.42 Å². The Kier molecular flexibility index (Phi) is 34.9. The van der Waals surface area contributed by atoms with E-state index in [1.165, 1.54) is 107 Å². The maximum absolute atomic E-state index is 5.72. The van der Waals surface area contributed by atoms with Gasteiger partial charge in [-0.25, -0.2) is 15.0 Å². The normalized spacial score (nSPS) is 11.0. The topological polar surface area (TPSA) is 206 Å². The van der Waals surface area contributed by atoms with Crippen LogP contribution >= 0.6 is 55.1 Å². The SMILES string of the molecule is Brc1cccc(Br)n1.CCC[CH2][Sn]([CH2]CCC)([CH2]CCC)[c]1ccc(-c2ccccn2)cn1.CCC[CH2][Sn]([CH2]CCC)([CH2]CCC)[c]1ccccn1.Clc1ccc(-c2cccc(-c3ccc(Cl)nn3)n2)nn1.c1ccc(-c2ccc(-c3cccc(-c4ccc(-c5ccccn5)nn4)n3)nn2)nc1. The van der Waals surface area contributed by atoms with Crippen LogP contribution in [0.1, 0.15) is 119 Å². The molecule has 0 unspecified atom stereocenters. The Morgan fingerprint density at radius 1 is 0.265 bits per heavy atom. The molecule has 0 spiro atoms. The molecular weight excluding hydrogens is 1650 g/mol. The molecule has 102 heavy (non-hydrogen) atoms. The molecule has 0 saturated carbocycles. The Morgan fingerprint density at radius 3 is 0.843 bits per heavy atom. The third-order valence-electron chi connectivity index (χ3n) is 17.2. The molecule has 12 aromatic rings. The van der Waals surface area contributed by atoms with Gasteiger partial charge in [-0.05, 0) is 141 Å². The van der Waals surface area contributed by atoms with Crippen LogP contribution in [0.3, 0.4) is 0 Å². The van der Waals surface area contributed by atoms with Crippen LogP contribution in [0, 0.1) is 0 Å². The quantitative estimate of drug-likeness (QED) is 0.0347. The van der Waals surface area contributed by atoms with Crippen LogP contribution in [-0.4, -0.2) is 117 Å². The summed E-state index contributed by atoms with van der Waals surface area (Å²) in [7, 11) is 0. The molecule has 0 bridgehead atoms. The number of halogens is 4. The molecule has 0 radical (unpaired) electrons. The van der Waals surface area contributed by atoms with Crippen molar-refractivity contribution in [1.29, 1.82) is 0 Å². The van der Waals surface area contributed by atoms with Crippen molar-refractivity contribution in [2.45, 2.75) is 145 Å². The summed E-state index contributed by atoms with van der Waals surface area (Å²) in [5.41, 5.74) is 10.6. The molecular formula is C80H90Br2Cl2N16Sn2. The van der Waals surface area contributed by atoms with Gasteiger partial charge in [-0.3, -0.25) is 9.97 Å². The minimum Gasteiger partial charge on any atom is -0.255 e. The molecule has 0 atom stereocenters. The van der Waals surface area contributed by atoms with Gasteiger partial charge in [-0.15, -0.1) is 40.8 Å². The monoisotopic (exact) mass is 1740 g/mol. The van der Waals surface area contributed by atoms with Crippen molar-refractivity contribution in [3.63, 3.8) is 0 Å². The van der Waals surface area contributed by atoms with E-state index in [0.29, 0.717) is 67.2 Å². The maximum Gasteiger partial charge on any atom is 0.151 e. The van der Waals surface area contributed by atoms with Crippen molar-refractivity contribution in [1.82, 2.24) is 80.7 Å². The van der Waals surface area contributed by atoms with Gasteiger partial charge < -0.3 is 0 Å². The number of hydrogen-bond acceptors (Lipinski definition) is 16. The van der Waals surface area contributed by atoms with Gasteiger partial charge in [0.25, 0.3) is 0 Å². The zero-order valence-corrected chi connectivity index (χ0v) is 69.6. The van der Waals surface area contributed by atoms with Crippen molar-refractivity contribution < 1.29 is 0 Å². The van der Waals surface area contributed by atoms with Crippen LogP contribution in [-0.2, 0) is 0 Å². The minimum absolute atomic E-state index is 0.341. The summed E-state index contributed by atoms with van der Waals surface area (Å²) in [6, 6.07) is 60.0. The summed E-state index contributed by atoms with van der Waals surface area (Å²) in [6.07, 6.45) is 25.8. The number of hydrogen-bond donors (Lipinski definition) is 0. The number of rotatable bonds is 27. The summed E-state index contributed by atoms with van der Waals surface area (Å²) in [5, 5.41) is 33.5. The number of nitrogens with zero attached hydrogens (tertiary/aromatic N) is 16. The van der Waals surface area contributed by atoms with Gasteiger partial charge in [-0.2, -0.15) is 0 Å². The van der Waals surface area contributed by atoms with E-state index >= 15 is 0 Å². The first-order chi connectivity index (χ1) is 49.9. The van der Waals surface area contributed by atoms with Crippen LogP contribution in [0.2, 0.25) is 36.9 Å². The molecule has 0 aromatic carbocycles. The third-order valence-corrected chi connectivity index (χ3v) is 48.8. The Bertz CT molecular complexity index is 4080. The fourth-order valence-electron chi connectivity index (χ4n) is 11.6. The van der Waals surface area contributed by atoms with Gasteiger partial charge in [0.2, 0.25) is 0 Å². The van der Waals surface area contributed by atoms with E-state index in [1.54, 1.807) is 40.4 Å². The molecule has 0 N–H and O–H groups in total. The Hall–Kier alpha value is -7.34. The third kappa shape index (κ3) is 25.5. The van der Waals surface area contributed by atoms with Gasteiger partial charge in [-0.1, -0.05) is 53.5 Å². The fraction of sp³-hybridized carbons (Fsp3) is 0.300. The van der Waals surface area contributed by atoms with E-state index in [2.05, 4.69) is 187 Å². The predicted octanol–water partition coefficient (Wildman–Crippen LogP) is 21.4. The molecule has 12 heterocycles. The average molecular weight is 1740 g/mol. The summed E-state index contributed by atoms with van der Waals surface area (Å²) in [6.45, 7) is 14.0. The largest absolute Gasteiger partial charge is 0.255 e. The van der Waals surface area contributed by atoms with Gasteiger partial charge in [0.15, 0.2) is 10.3 Å². The molecule has 0 fully saturated rings. The van der Waals surface area contributed by atoms with Crippen molar-refractivity contribution >= 4 is 99.2 Å². The molecule has 12 aromatic heterocycles. The molecule has 12 rings (SSSR count). The molecule has 16 nitrogen and oxygen atoms in total. The molecule has 0 amide bonds. The van der Waals surface area contributed by atoms with Crippen molar-refractivity contribution in [2.75, 3.05) is 0 Å². The first kappa shape index (κ1) is 80.3. The number of unbranched alkanes of at least 4 members (excludes halogenated alkanes) is 6. The maximum atomic E-state index is 5.72. The van der Waals surface area contributed by atoms with Crippen molar-refractivity contribution in [3.8, 4) is 79.6 Å². The number of aromatic nitrogens is 16. The molecule has 0 aliphatic carbocycles. The van der Waals surface area contributed by atoms with Gasteiger partial charge in [0, 0.05) is 12.4 Å². The van der Waals surface area contributed by atoms with Crippen LogP contribution in [0.25, 0.3) is 79.6 Å². The first-order valence-corrected chi connectivity index (χ1v) is 52.7. The molecule has 526 valence electrons. The molecule has 0 aliphatic rings. The van der Waals surface area contributed by atoms with E-state index in [-0.39, 0.29) is 0 Å². The first-order valence-electron chi connectivity index (χ1n) is 35.4. The van der Waals surface area contributed by atoms with Gasteiger partial charge >= 0.3 is 283 Å². The molecule has 22 heteroatoms. The zero-order chi connectivity index (χ0) is 72.0. The molecule has 0 saturated heterocycles. The predicted molar refractivity (Wildman–Crippen MR) is 429 cm³/mol. The summed E-state index contributed by atoms with van der Waals surface area (Å²) < 4.78 is 13.7. The van der Waals surface area contributed by atoms with Gasteiger partial charge in [0.1, 0.15) is 43.4 Å². The van der Waals surface area contributed by atoms with Gasteiger partial charge in [0.05, 0.1) is 34.2 Å². The van der Waals surface area contributed by atoms with Crippen LogP contribution in [0.4, 0.5) is 0 Å². The van der Waals surface area contributed by atoms with Crippen molar-refractivity contribution in [2.24, 2.45) is 0 Å². The Morgan fingerprint density at radius 2 is 0.569 bits per heavy atom. The van der Waals surface area contributed by atoms with E-state index < -0.39 is 36.8 Å². The van der Waals surface area contributed by atoms with Crippen molar-refractivity contribution in [3.05, 3.63) is 239 Å². The summed E-state index contributed by atoms with van der Waals surface area (Å²) in [5.74, 6) is 0. The second-order valence-corrected chi connectivity index (χ2v) is 53.2. The Labute approximate surface area is 637 Å². The van der Waals surface area contributed by atoms with E-state index in [9.17, 15) is 0 Å². The fourth-order valence-corrected chi connectivity index (χ4v) is 43.6. The standard InChI is InChI=1S/C23H15N7.C13H7Cl2N5.C10H7N2.C5H3Br2N.C5H4N.6C4H9.2Sn/c1-3-14-24-16(6-1)20-10-12-22(29-27-20)18-8-5-9-19(26-18)23-13-11-21(28-30-23)17-7-2-4-15-25-17;14-12-6-4-10(17-19-12)8-2-1-3-9(16-8)11-5-7-13(15)20-18-11;1-2-7-12-10(5-1)9-4-3-6-11-8-9;6-4-2-1-3-5(7)8-4;1-2-4-6-5-3-1;6*1-3-4-2;;/h1-15H;1-7H;1-5,7-8H;1-3H;1-4H;6*1,3-4H2,2H3;;. The molecule has 0 aliphatic heterocycles. The smallest absolute Gasteiger partial charge is 0.151 e. The zero-order valence-electron chi connectivity index (χ0n) is 59.2. The minimum atomic E-state index is -2.38. The summed E-state index contributed by atoms with van der Waals surface area (Å²) >= 11 is 13.3. The second-order valence-electron chi connectivity index (χ2n) is 24.7. The van der Waals surface area contributed by atoms with Crippen LogP contribution in [0.5, 0.6) is 0 Å². The number of pyridine rings is 8. The van der Waals surface area contributed by atoms with E-state index in [0.717, 1.165) is 31.9 Å². The van der Waals surface area contributed by atoms with E-state index in [1.807, 2.05) is 140 Å². The second kappa shape index (κ2) is 44.3. The summed E-state index contributed by atoms with van der Waals surface area (Å²) in [4.78, 5) is 36.1. The average Bonchev–Trinajstić information content (AvgIpc) is 0.687.